The van der Waals surface area contributed by atoms with Gasteiger partial charge in [-0.2, -0.15) is 0 Å². The van der Waals surface area contributed by atoms with Gasteiger partial charge >= 0.3 is 0 Å². The number of hydrogen-bond acceptors (Lipinski definition) is 5. The van der Waals surface area contributed by atoms with Gasteiger partial charge in [0, 0.05) is 30.8 Å². The van der Waals surface area contributed by atoms with Crippen molar-refractivity contribution in [1.29, 1.82) is 0 Å². The quantitative estimate of drug-likeness (QED) is 0.598. The Labute approximate surface area is 118 Å². The second-order valence-corrected chi connectivity index (χ2v) is 5.30. The summed E-state index contributed by atoms with van der Waals surface area (Å²) < 4.78 is 5.61. The van der Waals surface area contributed by atoms with Crippen molar-refractivity contribution in [3.8, 4) is 0 Å². The number of anilines is 2. The molecule has 5 heteroatoms. The molecule has 1 aliphatic rings. The second kappa shape index (κ2) is 6.05. The van der Waals surface area contributed by atoms with Crippen LogP contribution in [0, 0.1) is 5.92 Å². The average Bonchev–Trinajstić information content (AvgIpc) is 3.26. The Balaban J connectivity index is 1.51. The Hall–Kier alpha value is -1.88. The minimum absolute atomic E-state index is 0.718. The Kier molecular flexibility index (Phi) is 3.97. The number of aromatic nitrogens is 2. The number of rotatable bonds is 7. The van der Waals surface area contributed by atoms with Crippen molar-refractivity contribution in [3.63, 3.8) is 0 Å². The van der Waals surface area contributed by atoms with Crippen LogP contribution in [-0.4, -0.2) is 29.7 Å². The predicted molar refractivity (Wildman–Crippen MR) is 80.6 cm³/mol. The summed E-state index contributed by atoms with van der Waals surface area (Å²) in [5, 5.41) is 4.34. The summed E-state index contributed by atoms with van der Waals surface area (Å²) in [4.78, 5) is 8.52. The minimum atomic E-state index is 0.718. The van der Waals surface area contributed by atoms with E-state index in [1.165, 1.54) is 12.8 Å². The highest BCUT2D eigenvalue weighted by Gasteiger charge is 2.20. The highest BCUT2D eigenvalue weighted by molar-refractivity contribution is 5.90. The second-order valence-electron chi connectivity index (χ2n) is 5.30. The van der Waals surface area contributed by atoms with Gasteiger partial charge in [-0.1, -0.05) is 0 Å². The summed E-state index contributed by atoms with van der Waals surface area (Å²) >= 11 is 0. The number of ether oxygens (including phenoxy) is 1. The molecular formula is C15H20N4O. The Morgan fingerprint density at radius 1 is 1.30 bits per heavy atom. The SMILES string of the molecule is Nc1ccc2c(NCCCOCC3CC3)ncnc2c1. The first-order chi connectivity index (χ1) is 9.83. The number of nitrogens with one attached hydrogen (secondary N) is 1. The summed E-state index contributed by atoms with van der Waals surface area (Å²) in [5.41, 5.74) is 7.35. The van der Waals surface area contributed by atoms with E-state index in [0.29, 0.717) is 0 Å². The monoisotopic (exact) mass is 272 g/mol. The van der Waals surface area contributed by atoms with Crippen LogP contribution in [0.25, 0.3) is 10.9 Å². The Morgan fingerprint density at radius 3 is 3.05 bits per heavy atom. The van der Waals surface area contributed by atoms with E-state index >= 15 is 0 Å². The fourth-order valence-corrected chi connectivity index (χ4v) is 2.13. The minimum Gasteiger partial charge on any atom is -0.399 e. The molecule has 0 bridgehead atoms. The highest BCUT2D eigenvalue weighted by Crippen LogP contribution is 2.28. The molecule has 1 aliphatic carbocycles. The van der Waals surface area contributed by atoms with Crippen LogP contribution in [0.15, 0.2) is 24.5 Å². The van der Waals surface area contributed by atoms with Gasteiger partial charge in [0.15, 0.2) is 0 Å². The van der Waals surface area contributed by atoms with Crippen LogP contribution >= 0.6 is 0 Å². The Bertz CT molecular complexity index is 583. The lowest BCUT2D eigenvalue weighted by atomic mass is 10.2. The first kappa shape index (κ1) is 13.1. The summed E-state index contributed by atoms with van der Waals surface area (Å²) in [6, 6.07) is 5.69. The summed E-state index contributed by atoms with van der Waals surface area (Å²) in [6.45, 7) is 2.58. The third-order valence-electron chi connectivity index (χ3n) is 3.47. The van der Waals surface area contributed by atoms with Gasteiger partial charge in [0.2, 0.25) is 0 Å². The molecule has 3 N–H and O–H groups in total. The molecule has 0 radical (unpaired) electrons. The van der Waals surface area contributed by atoms with E-state index in [0.717, 1.165) is 54.5 Å². The van der Waals surface area contributed by atoms with Gasteiger partial charge in [0.25, 0.3) is 0 Å². The van der Waals surface area contributed by atoms with Crippen molar-refractivity contribution >= 4 is 22.4 Å². The van der Waals surface area contributed by atoms with Crippen LogP contribution in [0.4, 0.5) is 11.5 Å². The molecule has 106 valence electrons. The van der Waals surface area contributed by atoms with E-state index in [1.54, 1.807) is 6.33 Å². The number of nitrogens with two attached hydrogens (primary N) is 1. The largest absolute Gasteiger partial charge is 0.399 e. The smallest absolute Gasteiger partial charge is 0.137 e. The van der Waals surface area contributed by atoms with E-state index in [-0.39, 0.29) is 0 Å². The average molecular weight is 272 g/mol. The van der Waals surface area contributed by atoms with Crippen LogP contribution in [0.3, 0.4) is 0 Å². The molecule has 3 rings (SSSR count). The topological polar surface area (TPSA) is 73.1 Å². The first-order valence-corrected chi connectivity index (χ1v) is 7.15. The number of fused-ring (bicyclic) bond motifs is 1. The summed E-state index contributed by atoms with van der Waals surface area (Å²) in [5.74, 6) is 1.69. The van der Waals surface area contributed by atoms with Crippen molar-refractivity contribution in [2.45, 2.75) is 19.3 Å². The lowest BCUT2D eigenvalue weighted by Crippen LogP contribution is -2.08. The zero-order valence-corrected chi connectivity index (χ0v) is 11.5. The van der Waals surface area contributed by atoms with Gasteiger partial charge < -0.3 is 15.8 Å². The fourth-order valence-electron chi connectivity index (χ4n) is 2.13. The molecule has 1 aromatic heterocycles. The number of hydrogen-bond donors (Lipinski definition) is 2. The van der Waals surface area contributed by atoms with Crippen molar-refractivity contribution < 1.29 is 4.74 Å². The maximum absolute atomic E-state index is 5.76. The van der Waals surface area contributed by atoms with Crippen LogP contribution in [-0.2, 0) is 4.74 Å². The van der Waals surface area contributed by atoms with E-state index in [4.69, 9.17) is 10.5 Å². The molecule has 2 aromatic rings. The molecular weight excluding hydrogens is 252 g/mol. The highest BCUT2D eigenvalue weighted by atomic mass is 16.5. The van der Waals surface area contributed by atoms with E-state index in [2.05, 4.69) is 15.3 Å². The van der Waals surface area contributed by atoms with Gasteiger partial charge in [0.1, 0.15) is 12.1 Å². The van der Waals surface area contributed by atoms with Gasteiger partial charge in [0.05, 0.1) is 5.52 Å². The molecule has 0 unspecified atom stereocenters. The molecule has 5 nitrogen and oxygen atoms in total. The molecule has 1 aromatic carbocycles. The zero-order chi connectivity index (χ0) is 13.8. The van der Waals surface area contributed by atoms with Gasteiger partial charge in [-0.25, -0.2) is 9.97 Å². The number of nitrogens with zero attached hydrogens (tertiary/aromatic N) is 2. The van der Waals surface area contributed by atoms with Gasteiger partial charge in [-0.05, 0) is 43.4 Å². The van der Waals surface area contributed by atoms with Crippen molar-refractivity contribution in [2.75, 3.05) is 30.8 Å². The van der Waals surface area contributed by atoms with E-state index in [9.17, 15) is 0 Å². The predicted octanol–water partition coefficient (Wildman–Crippen LogP) is 2.44. The molecule has 0 spiro atoms. The maximum atomic E-state index is 5.76. The molecule has 20 heavy (non-hydrogen) atoms. The molecule has 1 fully saturated rings. The number of nitrogen functional groups attached to an aromatic ring is 1. The normalized spacial score (nSPS) is 14.6. The molecule has 1 heterocycles. The van der Waals surface area contributed by atoms with Crippen molar-refractivity contribution in [1.82, 2.24) is 9.97 Å². The fraction of sp³-hybridized carbons (Fsp3) is 0.467. The standard InChI is InChI=1S/C15H20N4O/c16-12-4-5-13-14(8-12)18-10-19-15(13)17-6-1-7-20-9-11-2-3-11/h4-5,8,10-11H,1-3,6-7,9,16H2,(H,17,18,19). The molecule has 0 amide bonds. The van der Waals surface area contributed by atoms with Gasteiger partial charge in [-0.15, -0.1) is 0 Å². The molecule has 0 aliphatic heterocycles. The molecule has 0 atom stereocenters. The maximum Gasteiger partial charge on any atom is 0.137 e. The lowest BCUT2D eigenvalue weighted by Gasteiger charge is -2.08. The Morgan fingerprint density at radius 2 is 2.20 bits per heavy atom. The summed E-state index contributed by atoms with van der Waals surface area (Å²) in [6.07, 6.45) is 5.23. The third-order valence-corrected chi connectivity index (χ3v) is 3.47. The molecule has 1 saturated carbocycles. The number of benzene rings is 1. The third kappa shape index (κ3) is 3.36. The van der Waals surface area contributed by atoms with Crippen LogP contribution in [0.2, 0.25) is 0 Å². The van der Waals surface area contributed by atoms with E-state index in [1.807, 2.05) is 18.2 Å². The van der Waals surface area contributed by atoms with Crippen molar-refractivity contribution in [2.24, 2.45) is 5.92 Å². The van der Waals surface area contributed by atoms with E-state index < -0.39 is 0 Å². The van der Waals surface area contributed by atoms with Crippen LogP contribution < -0.4 is 11.1 Å². The van der Waals surface area contributed by atoms with Gasteiger partial charge in [-0.3, -0.25) is 0 Å². The lowest BCUT2D eigenvalue weighted by molar-refractivity contribution is 0.124. The molecule has 0 saturated heterocycles. The van der Waals surface area contributed by atoms with Crippen molar-refractivity contribution in [3.05, 3.63) is 24.5 Å². The first-order valence-electron chi connectivity index (χ1n) is 7.15. The van der Waals surface area contributed by atoms with Crippen LogP contribution in [0.1, 0.15) is 19.3 Å². The zero-order valence-electron chi connectivity index (χ0n) is 11.5. The summed E-state index contributed by atoms with van der Waals surface area (Å²) in [7, 11) is 0. The van der Waals surface area contributed by atoms with Crippen LogP contribution in [0.5, 0.6) is 0 Å².